The van der Waals surface area contributed by atoms with Gasteiger partial charge in [0.05, 0.1) is 18.2 Å². The number of rotatable bonds is 4. The molecule has 26 heavy (non-hydrogen) atoms. The maximum Gasteiger partial charge on any atom is 0.191 e. The third-order valence-corrected chi connectivity index (χ3v) is 4.50. The normalized spacial score (nSPS) is 16.9. The van der Waals surface area contributed by atoms with Crippen LogP contribution < -0.4 is 10.6 Å². The lowest BCUT2D eigenvalue weighted by Gasteiger charge is -2.25. The molecule has 3 rings (SSSR count). The molecule has 1 aliphatic heterocycles. The summed E-state index contributed by atoms with van der Waals surface area (Å²) in [5.74, 6) is 3.12. The molecule has 7 nitrogen and oxygen atoms in total. The molecule has 1 aromatic heterocycles. The number of aromatic nitrogens is 3. The third-order valence-electron chi connectivity index (χ3n) is 4.50. The van der Waals surface area contributed by atoms with Crippen LogP contribution in [0, 0.1) is 11.3 Å². The molecular weight excluding hydrogens is 326 g/mol. The van der Waals surface area contributed by atoms with E-state index in [-0.39, 0.29) is 6.04 Å². The van der Waals surface area contributed by atoms with Crippen LogP contribution in [0.3, 0.4) is 0 Å². The first-order valence-corrected chi connectivity index (χ1v) is 8.99. The summed E-state index contributed by atoms with van der Waals surface area (Å²) < 4.78 is 2.02. The van der Waals surface area contributed by atoms with Gasteiger partial charge in [0.25, 0.3) is 0 Å². The fraction of sp³-hybridized carbons (Fsp3) is 0.474. The highest BCUT2D eigenvalue weighted by atomic mass is 15.4. The highest BCUT2D eigenvalue weighted by molar-refractivity contribution is 5.79. The molecular formula is C19H25N7. The molecule has 7 heteroatoms. The van der Waals surface area contributed by atoms with Crippen molar-refractivity contribution in [3.05, 3.63) is 47.0 Å². The third kappa shape index (κ3) is 4.20. The molecule has 0 saturated heterocycles. The standard InChI is InChI=1S/C19H25N7/c1-13(2)18-24-17-9-8-16(12-26(17)25-18)23-19(21-3)22-11-15-6-4-14(10-20)5-7-15/h4-7,13,16H,8-9,11-12H2,1-3H3,(H2,21,22,23). The SMILES string of the molecule is CN=C(NCc1ccc(C#N)cc1)NC1CCc2nc(C(C)C)nn2C1. The molecule has 1 aliphatic rings. The summed E-state index contributed by atoms with van der Waals surface area (Å²) >= 11 is 0. The van der Waals surface area contributed by atoms with Gasteiger partial charge in [0.2, 0.25) is 0 Å². The highest BCUT2D eigenvalue weighted by Crippen LogP contribution is 2.17. The van der Waals surface area contributed by atoms with Gasteiger partial charge in [-0.15, -0.1) is 0 Å². The fourth-order valence-electron chi connectivity index (χ4n) is 2.96. The van der Waals surface area contributed by atoms with Crippen molar-refractivity contribution >= 4 is 5.96 Å². The van der Waals surface area contributed by atoms with Gasteiger partial charge < -0.3 is 10.6 Å². The van der Waals surface area contributed by atoms with Crippen molar-refractivity contribution < 1.29 is 0 Å². The number of guanidine groups is 1. The van der Waals surface area contributed by atoms with Gasteiger partial charge in [0.1, 0.15) is 5.82 Å². The van der Waals surface area contributed by atoms with Crippen LogP contribution in [0.5, 0.6) is 0 Å². The first kappa shape index (κ1) is 17.9. The molecule has 0 fully saturated rings. The predicted octanol–water partition coefficient (Wildman–Crippen LogP) is 1.95. The van der Waals surface area contributed by atoms with Crippen molar-refractivity contribution in [2.24, 2.45) is 4.99 Å². The Hall–Kier alpha value is -2.88. The molecule has 0 saturated carbocycles. The number of hydrogen-bond donors (Lipinski definition) is 2. The van der Waals surface area contributed by atoms with Crippen LogP contribution >= 0.6 is 0 Å². The van der Waals surface area contributed by atoms with E-state index in [2.05, 4.69) is 45.6 Å². The van der Waals surface area contributed by atoms with E-state index in [9.17, 15) is 0 Å². The second kappa shape index (κ2) is 8.00. The van der Waals surface area contributed by atoms with Gasteiger partial charge in [-0.25, -0.2) is 9.67 Å². The van der Waals surface area contributed by atoms with Gasteiger partial charge >= 0.3 is 0 Å². The number of aliphatic imine (C=N–C) groups is 1. The average molecular weight is 351 g/mol. The molecule has 2 heterocycles. The second-order valence-electron chi connectivity index (χ2n) is 6.84. The van der Waals surface area contributed by atoms with E-state index in [1.165, 1.54) is 0 Å². The van der Waals surface area contributed by atoms with Crippen molar-refractivity contribution in [3.8, 4) is 6.07 Å². The summed E-state index contributed by atoms with van der Waals surface area (Å²) in [5.41, 5.74) is 1.78. The largest absolute Gasteiger partial charge is 0.352 e. The zero-order valence-corrected chi connectivity index (χ0v) is 15.5. The van der Waals surface area contributed by atoms with E-state index < -0.39 is 0 Å². The van der Waals surface area contributed by atoms with E-state index in [1.54, 1.807) is 7.05 Å². The van der Waals surface area contributed by atoms with Crippen LogP contribution in [0.15, 0.2) is 29.3 Å². The molecule has 0 aliphatic carbocycles. The van der Waals surface area contributed by atoms with Gasteiger partial charge in [0, 0.05) is 32.0 Å². The Kier molecular flexibility index (Phi) is 5.52. The minimum Gasteiger partial charge on any atom is -0.352 e. The van der Waals surface area contributed by atoms with Gasteiger partial charge in [-0.3, -0.25) is 4.99 Å². The number of nitrogens with zero attached hydrogens (tertiary/aromatic N) is 5. The monoisotopic (exact) mass is 351 g/mol. The molecule has 1 atom stereocenters. The van der Waals surface area contributed by atoms with Crippen molar-refractivity contribution in [1.82, 2.24) is 25.4 Å². The van der Waals surface area contributed by atoms with Crippen LogP contribution in [0.4, 0.5) is 0 Å². The highest BCUT2D eigenvalue weighted by Gasteiger charge is 2.23. The van der Waals surface area contributed by atoms with Crippen LogP contribution in [-0.2, 0) is 19.5 Å². The molecule has 1 aromatic carbocycles. The Morgan fingerprint density at radius 3 is 2.81 bits per heavy atom. The van der Waals surface area contributed by atoms with Crippen molar-refractivity contribution in [3.63, 3.8) is 0 Å². The summed E-state index contributed by atoms with van der Waals surface area (Å²) in [7, 11) is 1.77. The van der Waals surface area contributed by atoms with Gasteiger partial charge in [-0.1, -0.05) is 26.0 Å². The van der Waals surface area contributed by atoms with Crippen LogP contribution in [0.1, 0.15) is 49.0 Å². The van der Waals surface area contributed by atoms with Crippen molar-refractivity contribution in [2.45, 2.75) is 51.7 Å². The maximum absolute atomic E-state index is 8.86. The quantitative estimate of drug-likeness (QED) is 0.649. The van der Waals surface area contributed by atoms with E-state index in [0.717, 1.165) is 42.6 Å². The Morgan fingerprint density at radius 1 is 1.38 bits per heavy atom. The first-order valence-electron chi connectivity index (χ1n) is 8.99. The lowest BCUT2D eigenvalue weighted by atomic mass is 10.1. The van der Waals surface area contributed by atoms with Gasteiger partial charge in [0.15, 0.2) is 11.8 Å². The molecule has 136 valence electrons. The number of aryl methyl sites for hydroxylation is 1. The Bertz CT molecular complexity index is 811. The van der Waals surface area contributed by atoms with Crippen molar-refractivity contribution in [2.75, 3.05) is 7.05 Å². The lowest BCUT2D eigenvalue weighted by Crippen LogP contribution is -2.46. The number of fused-ring (bicyclic) bond motifs is 1. The van der Waals surface area contributed by atoms with E-state index in [1.807, 2.05) is 28.9 Å². The summed E-state index contributed by atoms with van der Waals surface area (Å²) in [6.45, 7) is 5.69. The summed E-state index contributed by atoms with van der Waals surface area (Å²) in [6, 6.07) is 9.96. The molecule has 0 radical (unpaired) electrons. The summed E-state index contributed by atoms with van der Waals surface area (Å²) in [6.07, 6.45) is 1.93. The van der Waals surface area contributed by atoms with Crippen LogP contribution in [-0.4, -0.2) is 33.8 Å². The molecule has 0 amide bonds. The Balaban J connectivity index is 1.55. The van der Waals surface area contributed by atoms with Crippen LogP contribution in [0.25, 0.3) is 0 Å². The number of hydrogen-bond acceptors (Lipinski definition) is 4. The second-order valence-corrected chi connectivity index (χ2v) is 6.84. The molecule has 2 aromatic rings. The fourth-order valence-corrected chi connectivity index (χ4v) is 2.96. The first-order chi connectivity index (χ1) is 12.6. The minimum absolute atomic E-state index is 0.274. The van der Waals surface area contributed by atoms with E-state index >= 15 is 0 Å². The number of nitrogens with one attached hydrogen (secondary N) is 2. The maximum atomic E-state index is 8.86. The van der Waals surface area contributed by atoms with E-state index in [0.29, 0.717) is 18.0 Å². The molecule has 2 N–H and O–H groups in total. The lowest BCUT2D eigenvalue weighted by molar-refractivity contribution is 0.391. The average Bonchev–Trinajstić information content (AvgIpc) is 3.09. The van der Waals surface area contributed by atoms with Gasteiger partial charge in [-0.2, -0.15) is 10.4 Å². The van der Waals surface area contributed by atoms with E-state index in [4.69, 9.17) is 5.26 Å². The zero-order chi connectivity index (χ0) is 18.5. The molecule has 1 unspecified atom stereocenters. The zero-order valence-electron chi connectivity index (χ0n) is 15.5. The molecule has 0 bridgehead atoms. The minimum atomic E-state index is 0.274. The van der Waals surface area contributed by atoms with Crippen molar-refractivity contribution in [1.29, 1.82) is 5.26 Å². The summed E-state index contributed by atoms with van der Waals surface area (Å²) in [5, 5.41) is 20.3. The predicted molar refractivity (Wildman–Crippen MR) is 101 cm³/mol. The number of benzene rings is 1. The Morgan fingerprint density at radius 2 is 2.15 bits per heavy atom. The number of nitriles is 1. The summed E-state index contributed by atoms with van der Waals surface area (Å²) in [4.78, 5) is 8.95. The smallest absolute Gasteiger partial charge is 0.191 e. The molecule has 0 spiro atoms. The topological polar surface area (TPSA) is 90.9 Å². The van der Waals surface area contributed by atoms with Gasteiger partial charge in [-0.05, 0) is 24.1 Å². The Labute approximate surface area is 154 Å². The van der Waals surface area contributed by atoms with Crippen LogP contribution in [0.2, 0.25) is 0 Å².